The van der Waals surface area contributed by atoms with Gasteiger partial charge in [-0.15, -0.1) is 24.0 Å². The molecule has 22 heavy (non-hydrogen) atoms. The molecule has 0 bridgehead atoms. The molecule has 2 N–H and O–H groups in total. The highest BCUT2D eigenvalue weighted by Gasteiger charge is 2.01. The van der Waals surface area contributed by atoms with Crippen LogP contribution in [0.1, 0.15) is 12.5 Å². The number of hydrogen-bond acceptors (Lipinski definition) is 1. The van der Waals surface area contributed by atoms with Crippen LogP contribution in [-0.2, 0) is 13.1 Å². The van der Waals surface area contributed by atoms with Crippen molar-refractivity contribution in [2.75, 3.05) is 13.1 Å². The highest BCUT2D eigenvalue weighted by Crippen LogP contribution is 2.07. The van der Waals surface area contributed by atoms with Gasteiger partial charge in [0.2, 0.25) is 0 Å². The van der Waals surface area contributed by atoms with Crippen LogP contribution < -0.4 is 10.6 Å². The molecule has 0 unspecified atom stereocenters. The number of nitrogens with zero attached hydrogens (tertiary/aromatic N) is 2. The molecule has 120 valence electrons. The average molecular weight is 416 g/mol. The first-order valence-electron chi connectivity index (χ1n) is 7.16. The van der Waals surface area contributed by atoms with E-state index in [-0.39, 0.29) is 29.8 Å². The predicted octanol–water partition coefficient (Wildman–Crippen LogP) is 3.00. The molecule has 1 aromatic carbocycles. The molecule has 0 aliphatic carbocycles. The third kappa shape index (κ3) is 6.05. The van der Waals surface area contributed by atoms with Crippen LogP contribution in [-0.4, -0.2) is 23.6 Å². The second kappa shape index (κ2) is 10.2. The first kappa shape index (κ1) is 18.5. The zero-order valence-corrected chi connectivity index (χ0v) is 15.0. The molecule has 1 heterocycles. The van der Waals surface area contributed by atoms with Gasteiger partial charge in [0.1, 0.15) is 5.82 Å². The van der Waals surface area contributed by atoms with Crippen LogP contribution in [0.3, 0.4) is 0 Å². The van der Waals surface area contributed by atoms with Gasteiger partial charge in [-0.2, -0.15) is 0 Å². The van der Waals surface area contributed by atoms with Crippen LogP contribution in [0, 0.1) is 5.82 Å². The van der Waals surface area contributed by atoms with Gasteiger partial charge in [-0.3, -0.25) is 0 Å². The van der Waals surface area contributed by atoms with E-state index >= 15 is 0 Å². The Bertz CT molecular complexity index is 569. The SMILES string of the molecule is CCNC(=NCc1ccccc1F)NCCn1cccc1.I. The molecule has 1 aromatic heterocycles. The fraction of sp³-hybridized carbons (Fsp3) is 0.312. The Labute approximate surface area is 147 Å². The minimum absolute atomic E-state index is 0. The smallest absolute Gasteiger partial charge is 0.191 e. The summed E-state index contributed by atoms with van der Waals surface area (Å²) in [6.45, 7) is 4.72. The summed E-state index contributed by atoms with van der Waals surface area (Å²) in [5.41, 5.74) is 0.597. The fourth-order valence-corrected chi connectivity index (χ4v) is 1.96. The fourth-order valence-electron chi connectivity index (χ4n) is 1.96. The summed E-state index contributed by atoms with van der Waals surface area (Å²) in [5, 5.41) is 6.40. The van der Waals surface area contributed by atoms with Gasteiger partial charge in [0.15, 0.2) is 5.96 Å². The third-order valence-electron chi connectivity index (χ3n) is 3.04. The number of nitrogens with one attached hydrogen (secondary N) is 2. The summed E-state index contributed by atoms with van der Waals surface area (Å²) < 4.78 is 15.6. The molecule has 0 saturated carbocycles. The van der Waals surface area contributed by atoms with E-state index in [2.05, 4.69) is 20.2 Å². The Kier molecular flexibility index (Phi) is 8.57. The molecule has 0 aliphatic heterocycles. The number of guanidine groups is 1. The number of halogens is 2. The van der Waals surface area contributed by atoms with E-state index in [0.717, 1.165) is 19.6 Å². The van der Waals surface area contributed by atoms with Gasteiger partial charge in [-0.25, -0.2) is 9.38 Å². The van der Waals surface area contributed by atoms with Gasteiger partial charge in [0.25, 0.3) is 0 Å². The monoisotopic (exact) mass is 416 g/mol. The van der Waals surface area contributed by atoms with Crippen LogP contribution in [0.5, 0.6) is 0 Å². The molecule has 0 saturated heterocycles. The molecule has 0 fully saturated rings. The van der Waals surface area contributed by atoms with Crippen molar-refractivity contribution in [2.45, 2.75) is 20.0 Å². The second-order valence-electron chi connectivity index (χ2n) is 4.63. The number of benzene rings is 1. The van der Waals surface area contributed by atoms with E-state index in [4.69, 9.17) is 0 Å². The standard InChI is InChI=1S/C16H21FN4.HI/c1-2-18-16(19-9-12-21-10-5-6-11-21)20-13-14-7-3-4-8-15(14)17;/h3-8,10-11H,2,9,12-13H2,1H3,(H2,18,19,20);1H. The largest absolute Gasteiger partial charge is 0.357 e. The number of hydrogen-bond donors (Lipinski definition) is 2. The summed E-state index contributed by atoms with van der Waals surface area (Å²) in [6.07, 6.45) is 4.04. The van der Waals surface area contributed by atoms with E-state index in [9.17, 15) is 4.39 Å². The highest BCUT2D eigenvalue weighted by molar-refractivity contribution is 14.0. The molecule has 2 aromatic rings. The van der Waals surface area contributed by atoms with E-state index in [1.54, 1.807) is 12.1 Å². The maximum Gasteiger partial charge on any atom is 0.191 e. The number of aromatic nitrogens is 1. The van der Waals surface area contributed by atoms with E-state index < -0.39 is 0 Å². The van der Waals surface area contributed by atoms with Crippen LogP contribution in [0.15, 0.2) is 53.8 Å². The minimum atomic E-state index is -0.218. The average Bonchev–Trinajstić information content (AvgIpc) is 2.99. The lowest BCUT2D eigenvalue weighted by molar-refractivity contribution is 0.609. The molecule has 0 radical (unpaired) electrons. The molecule has 0 aliphatic rings. The van der Waals surface area contributed by atoms with Crippen molar-refractivity contribution in [2.24, 2.45) is 4.99 Å². The summed E-state index contributed by atoms with van der Waals surface area (Å²) in [6, 6.07) is 10.7. The van der Waals surface area contributed by atoms with Gasteiger partial charge in [0, 0.05) is 37.6 Å². The van der Waals surface area contributed by atoms with Gasteiger partial charge < -0.3 is 15.2 Å². The van der Waals surface area contributed by atoms with Crippen molar-refractivity contribution >= 4 is 29.9 Å². The normalized spacial score (nSPS) is 10.9. The van der Waals surface area contributed by atoms with Gasteiger partial charge >= 0.3 is 0 Å². The maximum absolute atomic E-state index is 13.6. The van der Waals surface area contributed by atoms with Crippen molar-refractivity contribution < 1.29 is 4.39 Å². The molecule has 0 spiro atoms. The molecule has 0 atom stereocenters. The first-order chi connectivity index (χ1) is 10.3. The molecular weight excluding hydrogens is 394 g/mol. The van der Waals surface area contributed by atoms with Crippen molar-refractivity contribution in [1.29, 1.82) is 0 Å². The topological polar surface area (TPSA) is 41.4 Å². The lowest BCUT2D eigenvalue weighted by Gasteiger charge is -2.11. The van der Waals surface area contributed by atoms with Crippen molar-refractivity contribution in [3.63, 3.8) is 0 Å². The van der Waals surface area contributed by atoms with Crippen molar-refractivity contribution in [3.05, 3.63) is 60.2 Å². The van der Waals surface area contributed by atoms with Crippen molar-refractivity contribution in [3.8, 4) is 0 Å². The molecule has 2 rings (SSSR count). The molecule has 0 amide bonds. The highest BCUT2D eigenvalue weighted by atomic mass is 127. The first-order valence-corrected chi connectivity index (χ1v) is 7.16. The quantitative estimate of drug-likeness (QED) is 0.432. The van der Waals surface area contributed by atoms with E-state index in [1.807, 2.05) is 37.5 Å². The molecular formula is C16H22FIN4. The maximum atomic E-state index is 13.6. The van der Waals surface area contributed by atoms with Crippen LogP contribution in [0.2, 0.25) is 0 Å². The summed E-state index contributed by atoms with van der Waals surface area (Å²) in [7, 11) is 0. The summed E-state index contributed by atoms with van der Waals surface area (Å²) >= 11 is 0. The second-order valence-corrected chi connectivity index (χ2v) is 4.63. The third-order valence-corrected chi connectivity index (χ3v) is 3.04. The lowest BCUT2D eigenvalue weighted by Crippen LogP contribution is -2.38. The Balaban J connectivity index is 0.00000242. The van der Waals surface area contributed by atoms with E-state index in [0.29, 0.717) is 18.1 Å². The minimum Gasteiger partial charge on any atom is -0.357 e. The van der Waals surface area contributed by atoms with Gasteiger partial charge in [-0.05, 0) is 25.1 Å². The lowest BCUT2D eigenvalue weighted by atomic mass is 10.2. The van der Waals surface area contributed by atoms with Crippen molar-refractivity contribution in [1.82, 2.24) is 15.2 Å². The Morgan fingerprint density at radius 3 is 2.55 bits per heavy atom. The molecule has 6 heteroatoms. The number of aliphatic imine (C=N–C) groups is 1. The Morgan fingerprint density at radius 1 is 1.14 bits per heavy atom. The number of rotatable bonds is 6. The summed E-state index contributed by atoms with van der Waals surface area (Å²) in [5.74, 6) is 0.484. The Morgan fingerprint density at radius 2 is 1.86 bits per heavy atom. The zero-order valence-electron chi connectivity index (χ0n) is 12.6. The van der Waals surface area contributed by atoms with Crippen LogP contribution in [0.4, 0.5) is 4.39 Å². The van der Waals surface area contributed by atoms with Crippen LogP contribution >= 0.6 is 24.0 Å². The zero-order chi connectivity index (χ0) is 14.9. The van der Waals surface area contributed by atoms with Gasteiger partial charge in [-0.1, -0.05) is 18.2 Å². The van der Waals surface area contributed by atoms with E-state index in [1.165, 1.54) is 6.07 Å². The van der Waals surface area contributed by atoms with Crippen LogP contribution in [0.25, 0.3) is 0 Å². The summed E-state index contributed by atoms with van der Waals surface area (Å²) in [4.78, 5) is 4.41. The molecule has 4 nitrogen and oxygen atoms in total. The van der Waals surface area contributed by atoms with Gasteiger partial charge in [0.05, 0.1) is 6.54 Å². The predicted molar refractivity (Wildman–Crippen MR) is 99.1 cm³/mol. The Hall–Kier alpha value is -1.57.